The van der Waals surface area contributed by atoms with Crippen LogP contribution in [0.15, 0.2) is 24.3 Å². The fraction of sp³-hybridized carbons (Fsp3) is 0.462. The Kier molecular flexibility index (Phi) is 3.33. The van der Waals surface area contributed by atoms with Crippen molar-refractivity contribution in [3.05, 3.63) is 29.8 Å². The Morgan fingerprint density at radius 1 is 1.41 bits per heavy atom. The summed E-state index contributed by atoms with van der Waals surface area (Å²) in [5.74, 6) is -0.122. The molecule has 4 nitrogen and oxygen atoms in total. The molecule has 0 heterocycles. The first-order valence-electron chi connectivity index (χ1n) is 5.91. The predicted molar refractivity (Wildman–Crippen MR) is 67.1 cm³/mol. The standard InChI is InChI=1S/C13H18N2O2/c1-14-11-6-3-2-5-10(11)12(17)15-13(9-16)7-4-8-13/h2-3,5-6,14,16H,4,7-9H2,1H3,(H,15,17). The average molecular weight is 234 g/mol. The smallest absolute Gasteiger partial charge is 0.253 e. The zero-order valence-corrected chi connectivity index (χ0v) is 9.99. The molecule has 0 aliphatic heterocycles. The molecule has 1 fully saturated rings. The first kappa shape index (κ1) is 11.9. The number of aliphatic hydroxyl groups is 1. The number of anilines is 1. The number of amides is 1. The monoisotopic (exact) mass is 234 g/mol. The molecular formula is C13H18N2O2. The van der Waals surface area contributed by atoms with Crippen molar-refractivity contribution in [2.75, 3.05) is 19.0 Å². The van der Waals surface area contributed by atoms with Crippen LogP contribution in [0.5, 0.6) is 0 Å². The van der Waals surface area contributed by atoms with Gasteiger partial charge in [0.25, 0.3) is 5.91 Å². The number of rotatable bonds is 4. The highest BCUT2D eigenvalue weighted by Crippen LogP contribution is 2.31. The molecule has 1 aliphatic rings. The third-order valence-corrected chi connectivity index (χ3v) is 3.43. The molecule has 1 aliphatic carbocycles. The molecule has 0 atom stereocenters. The van der Waals surface area contributed by atoms with E-state index in [2.05, 4.69) is 10.6 Å². The third-order valence-electron chi connectivity index (χ3n) is 3.43. The summed E-state index contributed by atoms with van der Waals surface area (Å²) in [6, 6.07) is 7.36. The van der Waals surface area contributed by atoms with Gasteiger partial charge in [-0.2, -0.15) is 0 Å². The summed E-state index contributed by atoms with van der Waals surface area (Å²) in [6.07, 6.45) is 2.78. The van der Waals surface area contributed by atoms with Gasteiger partial charge in [0.15, 0.2) is 0 Å². The van der Waals surface area contributed by atoms with E-state index in [1.165, 1.54) is 0 Å². The Hall–Kier alpha value is -1.55. The Morgan fingerprint density at radius 2 is 2.12 bits per heavy atom. The number of hydrogen-bond donors (Lipinski definition) is 3. The molecule has 2 rings (SSSR count). The number of carbonyl (C=O) groups is 1. The normalized spacial score (nSPS) is 17.1. The Labute approximate surface area is 101 Å². The summed E-state index contributed by atoms with van der Waals surface area (Å²) < 4.78 is 0. The predicted octanol–water partition coefficient (Wildman–Crippen LogP) is 1.37. The van der Waals surface area contributed by atoms with E-state index in [0.29, 0.717) is 5.56 Å². The molecule has 1 aromatic carbocycles. The fourth-order valence-electron chi connectivity index (χ4n) is 2.13. The number of hydrogen-bond acceptors (Lipinski definition) is 3. The van der Waals surface area contributed by atoms with Gasteiger partial charge in [0, 0.05) is 12.7 Å². The molecule has 4 heteroatoms. The van der Waals surface area contributed by atoms with Gasteiger partial charge in [-0.05, 0) is 31.4 Å². The molecule has 0 aromatic heterocycles. The number of aliphatic hydroxyl groups excluding tert-OH is 1. The molecule has 0 bridgehead atoms. The van der Waals surface area contributed by atoms with Crippen molar-refractivity contribution in [2.45, 2.75) is 24.8 Å². The first-order valence-corrected chi connectivity index (χ1v) is 5.91. The number of carbonyl (C=O) groups excluding carboxylic acids is 1. The number of benzene rings is 1. The maximum atomic E-state index is 12.1. The second-order valence-corrected chi connectivity index (χ2v) is 4.54. The SMILES string of the molecule is CNc1ccccc1C(=O)NC1(CO)CCC1. The van der Waals surface area contributed by atoms with Crippen LogP contribution in [0.2, 0.25) is 0 Å². The van der Waals surface area contributed by atoms with Crippen LogP contribution >= 0.6 is 0 Å². The summed E-state index contributed by atoms with van der Waals surface area (Å²) in [4.78, 5) is 12.1. The van der Waals surface area contributed by atoms with Crippen LogP contribution in [0, 0.1) is 0 Å². The topological polar surface area (TPSA) is 61.4 Å². The Balaban J connectivity index is 2.14. The lowest BCUT2D eigenvalue weighted by Gasteiger charge is -2.41. The molecule has 0 unspecified atom stereocenters. The van der Waals surface area contributed by atoms with Crippen molar-refractivity contribution >= 4 is 11.6 Å². The molecule has 0 saturated heterocycles. The largest absolute Gasteiger partial charge is 0.394 e. The van der Waals surface area contributed by atoms with Gasteiger partial charge in [-0.1, -0.05) is 12.1 Å². The molecule has 1 saturated carbocycles. The molecule has 0 spiro atoms. The molecule has 17 heavy (non-hydrogen) atoms. The zero-order chi connectivity index (χ0) is 12.3. The highest BCUT2D eigenvalue weighted by molar-refractivity contribution is 6.00. The first-order chi connectivity index (χ1) is 8.21. The molecule has 1 amide bonds. The summed E-state index contributed by atoms with van der Waals surface area (Å²) >= 11 is 0. The van der Waals surface area contributed by atoms with E-state index in [4.69, 9.17) is 0 Å². The second kappa shape index (κ2) is 4.75. The van der Waals surface area contributed by atoms with Gasteiger partial charge in [0.1, 0.15) is 0 Å². The van der Waals surface area contributed by atoms with E-state index in [1.807, 2.05) is 18.2 Å². The van der Waals surface area contributed by atoms with Crippen molar-refractivity contribution in [1.29, 1.82) is 0 Å². The summed E-state index contributed by atoms with van der Waals surface area (Å²) in [7, 11) is 1.79. The maximum Gasteiger partial charge on any atom is 0.253 e. The van der Waals surface area contributed by atoms with Crippen molar-refractivity contribution < 1.29 is 9.90 Å². The van der Waals surface area contributed by atoms with E-state index in [0.717, 1.165) is 24.9 Å². The average Bonchev–Trinajstić information content (AvgIpc) is 2.33. The summed E-state index contributed by atoms with van der Waals surface area (Å²) in [5, 5.41) is 15.3. The van der Waals surface area contributed by atoms with Crippen LogP contribution in [0.1, 0.15) is 29.6 Å². The lowest BCUT2D eigenvalue weighted by molar-refractivity contribution is 0.0642. The molecule has 92 valence electrons. The van der Waals surface area contributed by atoms with Gasteiger partial charge >= 0.3 is 0 Å². The van der Waals surface area contributed by atoms with Crippen LogP contribution in [-0.4, -0.2) is 30.2 Å². The van der Waals surface area contributed by atoms with Crippen molar-refractivity contribution in [1.82, 2.24) is 5.32 Å². The Morgan fingerprint density at radius 3 is 2.65 bits per heavy atom. The highest BCUT2D eigenvalue weighted by atomic mass is 16.3. The number of para-hydroxylation sites is 1. The molecule has 3 N–H and O–H groups in total. The minimum Gasteiger partial charge on any atom is -0.394 e. The van der Waals surface area contributed by atoms with Gasteiger partial charge in [0.2, 0.25) is 0 Å². The molecule has 0 radical (unpaired) electrons. The lowest BCUT2D eigenvalue weighted by Crippen LogP contribution is -2.56. The van der Waals surface area contributed by atoms with Crippen molar-refractivity contribution in [3.8, 4) is 0 Å². The van der Waals surface area contributed by atoms with E-state index < -0.39 is 5.54 Å². The maximum absolute atomic E-state index is 12.1. The molecular weight excluding hydrogens is 216 g/mol. The van der Waals surface area contributed by atoms with Crippen molar-refractivity contribution in [2.24, 2.45) is 0 Å². The van der Waals surface area contributed by atoms with Crippen LogP contribution in [0.25, 0.3) is 0 Å². The Bertz CT molecular complexity index is 408. The van der Waals surface area contributed by atoms with E-state index >= 15 is 0 Å². The summed E-state index contributed by atoms with van der Waals surface area (Å²) in [5.41, 5.74) is 1.03. The van der Waals surface area contributed by atoms with Gasteiger partial charge < -0.3 is 15.7 Å². The van der Waals surface area contributed by atoms with Crippen LogP contribution in [0.3, 0.4) is 0 Å². The summed E-state index contributed by atoms with van der Waals surface area (Å²) in [6.45, 7) is 0.0143. The lowest BCUT2D eigenvalue weighted by atomic mass is 9.77. The highest BCUT2D eigenvalue weighted by Gasteiger charge is 2.38. The minimum absolute atomic E-state index is 0.0143. The third kappa shape index (κ3) is 2.26. The minimum atomic E-state index is -0.391. The van der Waals surface area contributed by atoms with E-state index in [1.54, 1.807) is 13.1 Å². The molecule has 1 aromatic rings. The van der Waals surface area contributed by atoms with Gasteiger partial charge in [0.05, 0.1) is 17.7 Å². The van der Waals surface area contributed by atoms with Crippen LogP contribution in [-0.2, 0) is 0 Å². The van der Waals surface area contributed by atoms with Gasteiger partial charge in [-0.3, -0.25) is 4.79 Å². The van der Waals surface area contributed by atoms with Gasteiger partial charge in [-0.25, -0.2) is 0 Å². The van der Waals surface area contributed by atoms with Crippen molar-refractivity contribution in [3.63, 3.8) is 0 Å². The van der Waals surface area contributed by atoms with E-state index in [9.17, 15) is 9.90 Å². The van der Waals surface area contributed by atoms with Crippen LogP contribution < -0.4 is 10.6 Å². The fourth-order valence-corrected chi connectivity index (χ4v) is 2.13. The quantitative estimate of drug-likeness (QED) is 0.737. The van der Waals surface area contributed by atoms with Crippen LogP contribution in [0.4, 0.5) is 5.69 Å². The van der Waals surface area contributed by atoms with Gasteiger partial charge in [-0.15, -0.1) is 0 Å². The second-order valence-electron chi connectivity index (χ2n) is 4.54. The van der Waals surface area contributed by atoms with E-state index in [-0.39, 0.29) is 12.5 Å². The zero-order valence-electron chi connectivity index (χ0n) is 9.99. The number of nitrogens with one attached hydrogen (secondary N) is 2.